The lowest BCUT2D eigenvalue weighted by atomic mass is 10.3. The first-order valence-corrected chi connectivity index (χ1v) is 5.85. The third-order valence-electron chi connectivity index (χ3n) is 2.58. The van der Waals surface area contributed by atoms with Gasteiger partial charge in [0.1, 0.15) is 5.69 Å². The van der Waals surface area contributed by atoms with Crippen molar-refractivity contribution in [2.75, 3.05) is 6.61 Å². The average molecular weight is 257 g/mol. The van der Waals surface area contributed by atoms with Crippen molar-refractivity contribution in [1.29, 1.82) is 0 Å². The van der Waals surface area contributed by atoms with Gasteiger partial charge in [0, 0.05) is 12.3 Å². The van der Waals surface area contributed by atoms with E-state index >= 15 is 0 Å². The molecule has 3 rings (SSSR count). The van der Waals surface area contributed by atoms with Gasteiger partial charge in [-0.05, 0) is 25.1 Å². The fraction of sp³-hybridized carbons (Fsp3) is 0.154. The number of nitrogens with zero attached hydrogens (tertiary/aromatic N) is 3. The lowest BCUT2D eigenvalue weighted by Gasteiger charge is -2.00. The monoisotopic (exact) mass is 257 g/mol. The van der Waals surface area contributed by atoms with Gasteiger partial charge in [0.15, 0.2) is 17.1 Å². The molecule has 19 heavy (non-hydrogen) atoms. The second-order valence-electron chi connectivity index (χ2n) is 3.84. The highest BCUT2D eigenvalue weighted by Gasteiger charge is 2.12. The van der Waals surface area contributed by atoms with Gasteiger partial charge in [-0.3, -0.25) is 0 Å². The maximum Gasteiger partial charge on any atom is 0.357 e. The Bertz CT molecular complexity index is 716. The van der Waals surface area contributed by atoms with Crippen LogP contribution in [0.4, 0.5) is 0 Å². The fourth-order valence-electron chi connectivity index (χ4n) is 1.74. The molecule has 0 N–H and O–H groups in total. The second kappa shape index (κ2) is 4.56. The van der Waals surface area contributed by atoms with Gasteiger partial charge >= 0.3 is 5.97 Å². The predicted octanol–water partition coefficient (Wildman–Crippen LogP) is 2.17. The van der Waals surface area contributed by atoms with Gasteiger partial charge in [0.2, 0.25) is 0 Å². The molecule has 6 nitrogen and oxygen atoms in total. The number of furan rings is 1. The lowest BCUT2D eigenvalue weighted by molar-refractivity contribution is 0.0519. The van der Waals surface area contributed by atoms with Crippen molar-refractivity contribution in [2.45, 2.75) is 6.92 Å². The average Bonchev–Trinajstić information content (AvgIpc) is 3.07. The number of rotatable bonds is 3. The number of ether oxygens (including phenoxy) is 1. The number of hydrogen-bond acceptors (Lipinski definition) is 5. The van der Waals surface area contributed by atoms with Crippen LogP contribution in [0, 0.1) is 0 Å². The summed E-state index contributed by atoms with van der Waals surface area (Å²) in [7, 11) is 0. The molecule has 0 spiro atoms. The van der Waals surface area contributed by atoms with Gasteiger partial charge in [-0.1, -0.05) is 0 Å². The molecule has 0 bridgehead atoms. The van der Waals surface area contributed by atoms with Crippen LogP contribution in [0.25, 0.3) is 17.1 Å². The molecule has 0 fully saturated rings. The Morgan fingerprint density at radius 1 is 1.47 bits per heavy atom. The zero-order chi connectivity index (χ0) is 13.2. The number of carbonyl (C=O) groups is 1. The molecule has 0 aromatic carbocycles. The zero-order valence-corrected chi connectivity index (χ0v) is 10.2. The van der Waals surface area contributed by atoms with Gasteiger partial charge in [0.25, 0.3) is 0 Å². The first-order chi connectivity index (χ1) is 9.28. The highest BCUT2D eigenvalue weighted by Crippen LogP contribution is 2.19. The van der Waals surface area contributed by atoms with Crippen molar-refractivity contribution in [3.63, 3.8) is 0 Å². The minimum atomic E-state index is -0.439. The molecular formula is C13H11N3O3. The van der Waals surface area contributed by atoms with Crippen molar-refractivity contribution in [2.24, 2.45) is 0 Å². The zero-order valence-electron chi connectivity index (χ0n) is 10.2. The van der Waals surface area contributed by atoms with E-state index in [-0.39, 0.29) is 5.69 Å². The topological polar surface area (TPSA) is 69.6 Å². The van der Waals surface area contributed by atoms with Crippen LogP contribution in [-0.4, -0.2) is 27.2 Å². The van der Waals surface area contributed by atoms with Crippen LogP contribution in [0.5, 0.6) is 0 Å². The SMILES string of the molecule is CCOC(=O)c1ccn2nc(-c3ccco3)cc2n1. The highest BCUT2D eigenvalue weighted by molar-refractivity contribution is 5.87. The quantitative estimate of drug-likeness (QED) is 0.672. The number of esters is 1. The first-order valence-electron chi connectivity index (χ1n) is 5.85. The van der Waals surface area contributed by atoms with Gasteiger partial charge in [0.05, 0.1) is 12.9 Å². The fourth-order valence-corrected chi connectivity index (χ4v) is 1.74. The van der Waals surface area contributed by atoms with Crippen molar-refractivity contribution < 1.29 is 13.9 Å². The Morgan fingerprint density at radius 3 is 3.11 bits per heavy atom. The lowest BCUT2D eigenvalue weighted by Crippen LogP contribution is -2.07. The predicted molar refractivity (Wildman–Crippen MR) is 66.6 cm³/mol. The van der Waals surface area contributed by atoms with Crippen molar-refractivity contribution in [3.8, 4) is 11.5 Å². The van der Waals surface area contributed by atoms with E-state index in [1.54, 1.807) is 42.1 Å². The van der Waals surface area contributed by atoms with Crippen LogP contribution in [0.3, 0.4) is 0 Å². The molecule has 3 aromatic heterocycles. The molecule has 0 aliphatic heterocycles. The third-order valence-corrected chi connectivity index (χ3v) is 2.58. The normalized spacial score (nSPS) is 10.8. The Balaban J connectivity index is 2.02. The molecule has 0 amide bonds. The summed E-state index contributed by atoms with van der Waals surface area (Å²) in [5, 5.41) is 4.31. The molecule has 6 heteroatoms. The molecule has 96 valence electrons. The Hall–Kier alpha value is -2.63. The van der Waals surface area contributed by atoms with E-state index in [4.69, 9.17) is 9.15 Å². The summed E-state index contributed by atoms with van der Waals surface area (Å²) in [6.45, 7) is 2.08. The molecular weight excluding hydrogens is 246 g/mol. The molecule has 0 saturated carbocycles. The summed E-state index contributed by atoms with van der Waals surface area (Å²) < 4.78 is 11.8. The molecule has 3 aromatic rings. The van der Waals surface area contributed by atoms with E-state index in [0.29, 0.717) is 23.7 Å². The summed E-state index contributed by atoms with van der Waals surface area (Å²) in [6, 6.07) is 6.93. The van der Waals surface area contributed by atoms with Crippen LogP contribution >= 0.6 is 0 Å². The van der Waals surface area contributed by atoms with Crippen LogP contribution in [0.2, 0.25) is 0 Å². The molecule has 0 unspecified atom stereocenters. The number of aromatic nitrogens is 3. The largest absolute Gasteiger partial charge is 0.463 e. The smallest absolute Gasteiger partial charge is 0.357 e. The van der Waals surface area contributed by atoms with E-state index in [9.17, 15) is 4.79 Å². The maximum atomic E-state index is 11.6. The molecule has 0 aliphatic rings. The number of hydrogen-bond donors (Lipinski definition) is 0. The summed E-state index contributed by atoms with van der Waals surface area (Å²) >= 11 is 0. The van der Waals surface area contributed by atoms with Crippen LogP contribution in [-0.2, 0) is 4.74 Å². The van der Waals surface area contributed by atoms with Gasteiger partial charge in [-0.15, -0.1) is 0 Å². The van der Waals surface area contributed by atoms with Gasteiger partial charge < -0.3 is 9.15 Å². The van der Waals surface area contributed by atoms with Gasteiger partial charge in [-0.25, -0.2) is 14.3 Å². The van der Waals surface area contributed by atoms with Crippen LogP contribution in [0.1, 0.15) is 17.4 Å². The molecule has 0 saturated heterocycles. The van der Waals surface area contributed by atoms with E-state index < -0.39 is 5.97 Å². The van der Waals surface area contributed by atoms with Crippen molar-refractivity contribution >= 4 is 11.6 Å². The first kappa shape index (κ1) is 11.5. The van der Waals surface area contributed by atoms with Crippen molar-refractivity contribution in [3.05, 3.63) is 42.4 Å². The third kappa shape index (κ3) is 2.08. The van der Waals surface area contributed by atoms with Crippen LogP contribution < -0.4 is 0 Å². The Morgan fingerprint density at radius 2 is 2.37 bits per heavy atom. The minimum Gasteiger partial charge on any atom is -0.463 e. The van der Waals surface area contributed by atoms with E-state index in [1.807, 2.05) is 6.07 Å². The Kier molecular flexibility index (Phi) is 2.75. The summed E-state index contributed by atoms with van der Waals surface area (Å²) in [5.41, 5.74) is 1.50. The summed E-state index contributed by atoms with van der Waals surface area (Å²) in [5.74, 6) is 0.217. The molecule has 0 atom stereocenters. The maximum absolute atomic E-state index is 11.6. The highest BCUT2D eigenvalue weighted by atomic mass is 16.5. The summed E-state index contributed by atoms with van der Waals surface area (Å²) in [6.07, 6.45) is 3.25. The molecule has 3 heterocycles. The number of carbonyl (C=O) groups excluding carboxylic acids is 1. The van der Waals surface area contributed by atoms with Crippen molar-refractivity contribution in [1.82, 2.24) is 14.6 Å². The van der Waals surface area contributed by atoms with Gasteiger partial charge in [-0.2, -0.15) is 5.10 Å². The Labute approximate surface area is 108 Å². The molecule has 0 radical (unpaired) electrons. The minimum absolute atomic E-state index is 0.264. The summed E-state index contributed by atoms with van der Waals surface area (Å²) in [4.78, 5) is 15.8. The van der Waals surface area contributed by atoms with E-state index in [2.05, 4.69) is 10.1 Å². The van der Waals surface area contributed by atoms with E-state index in [0.717, 1.165) is 0 Å². The van der Waals surface area contributed by atoms with Crippen LogP contribution in [0.15, 0.2) is 41.1 Å². The standard InChI is InChI=1S/C13H11N3O3/c1-2-18-13(17)9-5-6-16-12(14-9)8-10(15-16)11-4-3-7-19-11/h3-8H,2H2,1H3. The second-order valence-corrected chi connectivity index (χ2v) is 3.84. The molecule has 0 aliphatic carbocycles. The van der Waals surface area contributed by atoms with E-state index in [1.165, 1.54) is 0 Å². The number of fused-ring (bicyclic) bond motifs is 1.